The molecule has 31 heavy (non-hydrogen) atoms. The zero-order chi connectivity index (χ0) is 21.5. The van der Waals surface area contributed by atoms with Gasteiger partial charge in [-0.1, -0.05) is 36.4 Å². The molecule has 1 fully saturated rings. The van der Waals surface area contributed by atoms with E-state index in [1.807, 2.05) is 18.2 Å². The number of hydrogen-bond acceptors (Lipinski definition) is 5. The van der Waals surface area contributed by atoms with Gasteiger partial charge in [-0.15, -0.1) is 0 Å². The lowest BCUT2D eigenvalue weighted by Gasteiger charge is -2.27. The minimum absolute atomic E-state index is 0.0996. The van der Waals surface area contributed by atoms with Crippen molar-refractivity contribution in [3.63, 3.8) is 0 Å². The topological polar surface area (TPSA) is 95.6 Å². The molecule has 1 saturated heterocycles. The Hall–Kier alpha value is -4.00. The minimum Gasteiger partial charge on any atom is -0.381 e. The number of nitrogens with one attached hydrogen (secondary N) is 2. The van der Waals surface area contributed by atoms with Crippen molar-refractivity contribution in [2.24, 2.45) is 0 Å². The fourth-order valence-corrected chi connectivity index (χ4v) is 4.13. The second-order valence-electron chi connectivity index (χ2n) is 7.74. The Morgan fingerprint density at radius 3 is 2.45 bits per heavy atom. The maximum atomic E-state index is 12.9. The van der Waals surface area contributed by atoms with Crippen molar-refractivity contribution in [3.05, 3.63) is 77.4 Å². The van der Waals surface area contributed by atoms with Crippen LogP contribution in [-0.4, -0.2) is 34.6 Å². The van der Waals surface area contributed by atoms with Crippen molar-refractivity contribution in [3.8, 4) is 0 Å². The molecule has 0 radical (unpaired) electrons. The normalized spacial score (nSPS) is 18.3. The number of imide groups is 2. The number of fused-ring (bicyclic) bond motifs is 2. The van der Waals surface area contributed by atoms with Gasteiger partial charge in [0.2, 0.25) is 11.8 Å². The standard InChI is InChI=1S/C24H19N3O4/c28-21-10-9-20(22(29)26-21)27-23(30)18-8-7-17(12-19(18)24(27)31)25-13-14-5-6-15-3-1-2-4-16(15)11-14/h1-8,11-12,20,25H,9-10,13H2,(H,26,28,29). The van der Waals surface area contributed by atoms with Crippen LogP contribution in [0.3, 0.4) is 0 Å². The average molecular weight is 413 g/mol. The summed E-state index contributed by atoms with van der Waals surface area (Å²) in [6.07, 6.45) is 0.242. The predicted molar refractivity (Wildman–Crippen MR) is 114 cm³/mol. The molecule has 0 aromatic heterocycles. The van der Waals surface area contributed by atoms with E-state index in [4.69, 9.17) is 0 Å². The average Bonchev–Trinajstić information content (AvgIpc) is 3.02. The lowest BCUT2D eigenvalue weighted by atomic mass is 10.0. The summed E-state index contributed by atoms with van der Waals surface area (Å²) in [5, 5.41) is 7.81. The highest BCUT2D eigenvalue weighted by Crippen LogP contribution is 2.29. The second kappa shape index (κ2) is 7.36. The van der Waals surface area contributed by atoms with Crippen LogP contribution in [0.1, 0.15) is 39.1 Å². The molecule has 0 spiro atoms. The number of carbonyl (C=O) groups excluding carboxylic acids is 4. The summed E-state index contributed by atoms with van der Waals surface area (Å²) in [5.74, 6) is -2.02. The predicted octanol–water partition coefficient (Wildman–Crippen LogP) is 2.85. The molecule has 2 heterocycles. The van der Waals surface area contributed by atoms with Crippen molar-refractivity contribution >= 4 is 40.1 Å². The molecule has 0 saturated carbocycles. The number of rotatable bonds is 4. The summed E-state index contributed by atoms with van der Waals surface area (Å²) in [4.78, 5) is 50.2. The molecule has 1 unspecified atom stereocenters. The van der Waals surface area contributed by atoms with Crippen LogP contribution < -0.4 is 10.6 Å². The van der Waals surface area contributed by atoms with E-state index in [1.54, 1.807) is 18.2 Å². The molecule has 0 aliphatic carbocycles. The van der Waals surface area contributed by atoms with Gasteiger partial charge in [0.05, 0.1) is 11.1 Å². The number of nitrogens with zero attached hydrogens (tertiary/aromatic N) is 1. The largest absolute Gasteiger partial charge is 0.381 e. The van der Waals surface area contributed by atoms with E-state index in [0.29, 0.717) is 12.2 Å². The van der Waals surface area contributed by atoms with Crippen LogP contribution >= 0.6 is 0 Å². The van der Waals surface area contributed by atoms with Gasteiger partial charge in [0, 0.05) is 18.7 Å². The first-order chi connectivity index (χ1) is 15.0. The molecule has 7 nitrogen and oxygen atoms in total. The lowest BCUT2D eigenvalue weighted by Crippen LogP contribution is -2.54. The zero-order valence-electron chi connectivity index (χ0n) is 16.6. The van der Waals surface area contributed by atoms with Crippen LogP contribution in [0.4, 0.5) is 5.69 Å². The van der Waals surface area contributed by atoms with Crippen LogP contribution in [0.15, 0.2) is 60.7 Å². The summed E-state index contributed by atoms with van der Waals surface area (Å²) in [5.41, 5.74) is 2.33. The van der Waals surface area contributed by atoms with E-state index in [2.05, 4.69) is 34.9 Å². The van der Waals surface area contributed by atoms with Gasteiger partial charge < -0.3 is 5.32 Å². The lowest BCUT2D eigenvalue weighted by molar-refractivity contribution is -0.136. The molecule has 0 bridgehead atoms. The number of anilines is 1. The fourth-order valence-electron chi connectivity index (χ4n) is 4.13. The van der Waals surface area contributed by atoms with Crippen LogP contribution in [0, 0.1) is 0 Å². The summed E-state index contributed by atoms with van der Waals surface area (Å²) in [6, 6.07) is 18.4. The smallest absolute Gasteiger partial charge is 0.262 e. The van der Waals surface area contributed by atoms with Crippen LogP contribution in [0.5, 0.6) is 0 Å². The zero-order valence-corrected chi connectivity index (χ0v) is 16.6. The van der Waals surface area contributed by atoms with E-state index in [1.165, 1.54) is 5.39 Å². The molecule has 4 amide bonds. The van der Waals surface area contributed by atoms with E-state index in [0.717, 1.165) is 15.8 Å². The molecule has 2 N–H and O–H groups in total. The number of amides is 4. The Morgan fingerprint density at radius 1 is 0.871 bits per heavy atom. The molecule has 5 rings (SSSR count). The van der Waals surface area contributed by atoms with Gasteiger partial charge in [-0.3, -0.25) is 29.4 Å². The minimum atomic E-state index is -0.959. The Bertz CT molecular complexity index is 1270. The third-order valence-corrected chi connectivity index (χ3v) is 5.75. The van der Waals surface area contributed by atoms with Crippen LogP contribution in [-0.2, 0) is 16.1 Å². The van der Waals surface area contributed by atoms with Gasteiger partial charge in [0.1, 0.15) is 6.04 Å². The van der Waals surface area contributed by atoms with Crippen LogP contribution in [0.25, 0.3) is 10.8 Å². The molecule has 2 aliphatic rings. The van der Waals surface area contributed by atoms with E-state index in [9.17, 15) is 19.2 Å². The molecule has 7 heteroatoms. The summed E-state index contributed by atoms with van der Waals surface area (Å²) >= 11 is 0. The summed E-state index contributed by atoms with van der Waals surface area (Å²) in [7, 11) is 0. The van der Waals surface area contributed by atoms with Crippen molar-refractivity contribution in [2.45, 2.75) is 25.4 Å². The van der Waals surface area contributed by atoms with E-state index < -0.39 is 29.7 Å². The van der Waals surface area contributed by atoms with Crippen LogP contribution in [0.2, 0.25) is 0 Å². The third kappa shape index (κ3) is 3.34. The van der Waals surface area contributed by atoms with Gasteiger partial charge in [-0.2, -0.15) is 0 Å². The molecule has 154 valence electrons. The molecular formula is C24H19N3O4. The first-order valence-electron chi connectivity index (χ1n) is 10.1. The van der Waals surface area contributed by atoms with Crippen molar-refractivity contribution < 1.29 is 19.2 Å². The van der Waals surface area contributed by atoms with E-state index >= 15 is 0 Å². The number of benzene rings is 3. The highest BCUT2D eigenvalue weighted by Gasteiger charge is 2.44. The highest BCUT2D eigenvalue weighted by molar-refractivity contribution is 6.23. The van der Waals surface area contributed by atoms with Gasteiger partial charge in [0.15, 0.2) is 0 Å². The molecule has 1 atom stereocenters. The Kier molecular flexibility index (Phi) is 4.51. The molecule has 2 aliphatic heterocycles. The van der Waals surface area contributed by atoms with Crippen molar-refractivity contribution in [2.75, 3.05) is 5.32 Å². The highest BCUT2D eigenvalue weighted by atomic mass is 16.2. The van der Waals surface area contributed by atoms with Crippen molar-refractivity contribution in [1.82, 2.24) is 10.2 Å². The molecule has 3 aromatic carbocycles. The van der Waals surface area contributed by atoms with Crippen molar-refractivity contribution in [1.29, 1.82) is 0 Å². The maximum absolute atomic E-state index is 12.9. The van der Waals surface area contributed by atoms with Gasteiger partial charge in [0.25, 0.3) is 11.8 Å². The maximum Gasteiger partial charge on any atom is 0.262 e. The quantitative estimate of drug-likeness (QED) is 0.642. The molecular weight excluding hydrogens is 394 g/mol. The number of piperidine rings is 1. The molecule has 3 aromatic rings. The van der Waals surface area contributed by atoms with E-state index in [-0.39, 0.29) is 24.0 Å². The van der Waals surface area contributed by atoms with Gasteiger partial charge in [-0.05, 0) is 47.0 Å². The summed E-state index contributed by atoms with van der Waals surface area (Å²) < 4.78 is 0. The number of hydrogen-bond donors (Lipinski definition) is 2. The summed E-state index contributed by atoms with van der Waals surface area (Å²) in [6.45, 7) is 0.558. The Labute approximate surface area is 178 Å². The first-order valence-corrected chi connectivity index (χ1v) is 10.1. The fraction of sp³-hybridized carbons (Fsp3) is 0.167. The Balaban J connectivity index is 1.35. The third-order valence-electron chi connectivity index (χ3n) is 5.75. The van der Waals surface area contributed by atoms with Gasteiger partial charge >= 0.3 is 0 Å². The SMILES string of the molecule is O=C1CCC(N2C(=O)c3ccc(NCc4ccc5ccccc5c4)cc3C2=O)C(=O)N1. The second-order valence-corrected chi connectivity index (χ2v) is 7.74. The number of carbonyl (C=O) groups is 4. The monoisotopic (exact) mass is 413 g/mol. The van der Waals surface area contributed by atoms with Gasteiger partial charge in [-0.25, -0.2) is 0 Å². The first kappa shape index (κ1) is 19.0. The Morgan fingerprint density at radius 2 is 1.65 bits per heavy atom.